The molecular weight excluding hydrogens is 290 g/mol. The third kappa shape index (κ3) is 7.25. The number of allylic oxidation sites excluding steroid dienone is 1. The van der Waals surface area contributed by atoms with Crippen molar-refractivity contribution in [1.82, 2.24) is 0 Å². The Morgan fingerprint density at radius 1 is 1.14 bits per heavy atom. The van der Waals surface area contributed by atoms with Gasteiger partial charge in [-0.3, -0.25) is 10.1 Å². The van der Waals surface area contributed by atoms with Crippen molar-refractivity contribution in [1.29, 1.82) is 0 Å². The van der Waals surface area contributed by atoms with Crippen LogP contribution in [0.5, 0.6) is 0 Å². The standard InChI is InChI=1S/C16H22ClNO3/c17-15-11-10-14(16(13-15)18(20)21)9-7-5-3-1-2-4-6-8-12-19/h7,9-11,13,19H,1-6,8,12H2/b9-7+. The van der Waals surface area contributed by atoms with Gasteiger partial charge in [0.1, 0.15) is 0 Å². The molecule has 0 atom stereocenters. The lowest BCUT2D eigenvalue weighted by Gasteiger charge is -2.00. The second kappa shape index (κ2) is 10.4. The Labute approximate surface area is 130 Å². The molecule has 1 N–H and O–H groups in total. The summed E-state index contributed by atoms with van der Waals surface area (Å²) in [6, 6.07) is 4.71. The molecule has 0 amide bonds. The van der Waals surface area contributed by atoms with Gasteiger partial charge in [-0.15, -0.1) is 0 Å². The second-order valence-corrected chi connectivity index (χ2v) is 5.43. The smallest absolute Gasteiger partial charge is 0.278 e. The number of nitrogens with zero attached hydrogens (tertiary/aromatic N) is 1. The van der Waals surface area contributed by atoms with Crippen LogP contribution in [0.25, 0.3) is 6.08 Å². The number of aliphatic hydroxyl groups is 1. The van der Waals surface area contributed by atoms with Crippen molar-refractivity contribution in [2.24, 2.45) is 0 Å². The Morgan fingerprint density at radius 3 is 2.48 bits per heavy atom. The highest BCUT2D eigenvalue weighted by atomic mass is 35.5. The predicted molar refractivity (Wildman–Crippen MR) is 86.5 cm³/mol. The maximum atomic E-state index is 10.9. The monoisotopic (exact) mass is 311 g/mol. The minimum Gasteiger partial charge on any atom is -0.396 e. The van der Waals surface area contributed by atoms with Gasteiger partial charge < -0.3 is 5.11 Å². The fourth-order valence-electron chi connectivity index (χ4n) is 2.11. The van der Waals surface area contributed by atoms with E-state index in [9.17, 15) is 10.1 Å². The van der Waals surface area contributed by atoms with Gasteiger partial charge in [0, 0.05) is 17.7 Å². The summed E-state index contributed by atoms with van der Waals surface area (Å²) >= 11 is 5.77. The fraction of sp³-hybridized carbons (Fsp3) is 0.500. The SMILES string of the molecule is O=[N+]([O-])c1cc(Cl)ccc1/C=C/CCCCCCCCO. The van der Waals surface area contributed by atoms with E-state index in [0.29, 0.717) is 10.6 Å². The number of rotatable bonds is 10. The van der Waals surface area contributed by atoms with Crippen LogP contribution in [0.3, 0.4) is 0 Å². The van der Waals surface area contributed by atoms with Crippen LogP contribution in [0.2, 0.25) is 5.02 Å². The van der Waals surface area contributed by atoms with Gasteiger partial charge in [-0.2, -0.15) is 0 Å². The number of unbranched alkanes of at least 4 members (excludes halogenated alkanes) is 6. The van der Waals surface area contributed by atoms with Gasteiger partial charge in [-0.1, -0.05) is 49.4 Å². The normalized spacial score (nSPS) is 11.1. The fourth-order valence-corrected chi connectivity index (χ4v) is 2.27. The second-order valence-electron chi connectivity index (χ2n) is 5.00. The highest BCUT2D eigenvalue weighted by Crippen LogP contribution is 2.24. The third-order valence-corrected chi connectivity index (χ3v) is 3.50. The van der Waals surface area contributed by atoms with Crippen molar-refractivity contribution in [3.63, 3.8) is 0 Å². The van der Waals surface area contributed by atoms with E-state index in [-0.39, 0.29) is 12.3 Å². The van der Waals surface area contributed by atoms with Gasteiger partial charge in [0.25, 0.3) is 5.69 Å². The molecule has 0 heterocycles. The first-order chi connectivity index (χ1) is 10.1. The van der Waals surface area contributed by atoms with Gasteiger partial charge in [0.2, 0.25) is 0 Å². The molecule has 0 spiro atoms. The van der Waals surface area contributed by atoms with Crippen molar-refractivity contribution in [2.75, 3.05) is 6.61 Å². The number of aliphatic hydroxyl groups excluding tert-OH is 1. The molecule has 0 radical (unpaired) electrons. The summed E-state index contributed by atoms with van der Waals surface area (Å²) in [5, 5.41) is 20.0. The van der Waals surface area contributed by atoms with Crippen molar-refractivity contribution in [2.45, 2.75) is 44.9 Å². The number of halogens is 1. The predicted octanol–water partition coefficient (Wildman–Crippen LogP) is 4.98. The molecule has 1 aromatic carbocycles. The summed E-state index contributed by atoms with van der Waals surface area (Å²) in [6.07, 6.45) is 11.2. The van der Waals surface area contributed by atoms with Crippen LogP contribution < -0.4 is 0 Å². The lowest BCUT2D eigenvalue weighted by molar-refractivity contribution is -0.385. The molecule has 0 saturated heterocycles. The Morgan fingerprint density at radius 2 is 1.81 bits per heavy atom. The van der Waals surface area contributed by atoms with Gasteiger partial charge in [0.05, 0.1) is 10.5 Å². The first-order valence-corrected chi connectivity index (χ1v) is 7.74. The van der Waals surface area contributed by atoms with Crippen LogP contribution in [-0.2, 0) is 0 Å². The topological polar surface area (TPSA) is 63.4 Å². The Hall–Kier alpha value is -1.39. The molecule has 116 valence electrons. The molecule has 0 aliphatic rings. The highest BCUT2D eigenvalue weighted by molar-refractivity contribution is 6.30. The zero-order chi connectivity index (χ0) is 15.5. The highest BCUT2D eigenvalue weighted by Gasteiger charge is 2.11. The minimum atomic E-state index is -0.410. The van der Waals surface area contributed by atoms with E-state index in [1.54, 1.807) is 18.2 Å². The molecule has 5 heteroatoms. The molecule has 0 saturated carbocycles. The van der Waals surface area contributed by atoms with Gasteiger partial charge >= 0.3 is 0 Å². The van der Waals surface area contributed by atoms with Gasteiger partial charge in [-0.05, 0) is 31.4 Å². The van der Waals surface area contributed by atoms with Crippen LogP contribution in [0, 0.1) is 10.1 Å². The average Bonchev–Trinajstić information content (AvgIpc) is 2.46. The van der Waals surface area contributed by atoms with Crippen molar-refractivity contribution < 1.29 is 10.0 Å². The molecule has 0 aromatic heterocycles. The third-order valence-electron chi connectivity index (χ3n) is 3.27. The quantitative estimate of drug-likeness (QED) is 0.376. The van der Waals surface area contributed by atoms with Crippen molar-refractivity contribution in [3.05, 3.63) is 45.0 Å². The lowest BCUT2D eigenvalue weighted by atomic mass is 10.1. The zero-order valence-corrected chi connectivity index (χ0v) is 12.9. The van der Waals surface area contributed by atoms with Crippen LogP contribution in [0.4, 0.5) is 5.69 Å². The van der Waals surface area contributed by atoms with Crippen LogP contribution >= 0.6 is 11.6 Å². The number of hydrogen-bond acceptors (Lipinski definition) is 3. The lowest BCUT2D eigenvalue weighted by Crippen LogP contribution is -1.91. The van der Waals surface area contributed by atoms with Crippen molar-refractivity contribution in [3.8, 4) is 0 Å². The molecule has 0 aliphatic carbocycles. The molecule has 4 nitrogen and oxygen atoms in total. The first kappa shape index (κ1) is 17.7. The van der Waals surface area contributed by atoms with E-state index < -0.39 is 4.92 Å². The summed E-state index contributed by atoms with van der Waals surface area (Å²) in [5.41, 5.74) is 0.634. The van der Waals surface area contributed by atoms with E-state index >= 15 is 0 Å². The molecule has 0 unspecified atom stereocenters. The Balaban J connectivity index is 2.32. The first-order valence-electron chi connectivity index (χ1n) is 7.36. The summed E-state index contributed by atoms with van der Waals surface area (Å²) in [5.74, 6) is 0. The van der Waals surface area contributed by atoms with E-state index in [0.717, 1.165) is 38.5 Å². The Kier molecular flexibility index (Phi) is 8.71. The summed E-state index contributed by atoms with van der Waals surface area (Å²) in [4.78, 5) is 10.5. The number of hydrogen-bond donors (Lipinski definition) is 1. The largest absolute Gasteiger partial charge is 0.396 e. The summed E-state index contributed by atoms with van der Waals surface area (Å²) in [6.45, 7) is 0.280. The number of nitro benzene ring substituents is 1. The molecule has 0 fully saturated rings. The van der Waals surface area contributed by atoms with Crippen molar-refractivity contribution >= 4 is 23.4 Å². The molecule has 0 aliphatic heterocycles. The number of benzene rings is 1. The van der Waals surface area contributed by atoms with Crippen LogP contribution in [0.15, 0.2) is 24.3 Å². The average molecular weight is 312 g/mol. The zero-order valence-electron chi connectivity index (χ0n) is 12.1. The number of nitro groups is 1. The summed E-state index contributed by atoms with van der Waals surface area (Å²) in [7, 11) is 0. The molecule has 1 rings (SSSR count). The summed E-state index contributed by atoms with van der Waals surface area (Å²) < 4.78 is 0. The molecule has 21 heavy (non-hydrogen) atoms. The van der Waals surface area contributed by atoms with Gasteiger partial charge in [0.15, 0.2) is 0 Å². The van der Waals surface area contributed by atoms with E-state index in [4.69, 9.17) is 16.7 Å². The molecular formula is C16H22ClNO3. The van der Waals surface area contributed by atoms with Gasteiger partial charge in [-0.25, -0.2) is 0 Å². The van der Waals surface area contributed by atoms with Crippen LogP contribution in [-0.4, -0.2) is 16.6 Å². The Bertz CT molecular complexity index is 475. The van der Waals surface area contributed by atoms with E-state index in [1.165, 1.54) is 12.5 Å². The maximum Gasteiger partial charge on any atom is 0.278 e. The minimum absolute atomic E-state index is 0.0442. The molecule has 1 aromatic rings. The van der Waals surface area contributed by atoms with Crippen LogP contribution in [0.1, 0.15) is 50.5 Å². The maximum absolute atomic E-state index is 10.9. The van der Waals surface area contributed by atoms with E-state index in [1.807, 2.05) is 6.08 Å². The molecule has 0 bridgehead atoms. The van der Waals surface area contributed by atoms with E-state index in [2.05, 4.69) is 0 Å².